The van der Waals surface area contributed by atoms with Gasteiger partial charge in [0.2, 0.25) is 0 Å². The topological polar surface area (TPSA) is 35.2 Å². The largest absolute Gasteiger partial charge is 0.490 e. The van der Waals surface area contributed by atoms with Crippen LogP contribution in [-0.2, 0) is 4.74 Å². The number of rotatable bonds is 4. The third kappa shape index (κ3) is 5.91. The highest BCUT2D eigenvalue weighted by Gasteiger charge is 1.95. The third-order valence-electron chi connectivity index (χ3n) is 1.03. The lowest BCUT2D eigenvalue weighted by molar-refractivity contribution is 0.401. The number of ether oxygens (including phenoxy) is 1. The molecule has 10 heavy (non-hydrogen) atoms. The van der Waals surface area contributed by atoms with E-state index in [1.807, 2.05) is 0 Å². The molecule has 0 aromatic carbocycles. The van der Waals surface area contributed by atoms with Gasteiger partial charge < -0.3 is 10.5 Å². The predicted octanol–water partition coefficient (Wildman–Crippen LogP) is 1.42. The van der Waals surface area contributed by atoms with E-state index in [9.17, 15) is 0 Å². The fourth-order valence-electron chi connectivity index (χ4n) is 0.509. The lowest BCUT2D eigenvalue weighted by Gasteiger charge is -1.99. The van der Waals surface area contributed by atoms with Crippen molar-refractivity contribution in [2.45, 2.75) is 19.3 Å². The van der Waals surface area contributed by atoms with Crippen LogP contribution in [0.2, 0.25) is 0 Å². The van der Waals surface area contributed by atoms with Gasteiger partial charge in [0.25, 0.3) is 0 Å². The van der Waals surface area contributed by atoms with Crippen molar-refractivity contribution in [3.05, 3.63) is 0 Å². The first-order valence-corrected chi connectivity index (χ1v) is 3.83. The molecule has 0 bridgehead atoms. The second-order valence-electron chi connectivity index (χ2n) is 1.90. The zero-order valence-electron chi connectivity index (χ0n) is 5.92. The Balaban J connectivity index is 3.20. The number of hydrogen-bond donors (Lipinski definition) is 1. The van der Waals surface area contributed by atoms with E-state index in [0.717, 1.165) is 19.3 Å². The van der Waals surface area contributed by atoms with Crippen LogP contribution in [0.3, 0.4) is 0 Å². The predicted molar refractivity (Wildman–Crippen MR) is 50.2 cm³/mol. The standard InChI is InChI=1S/C6H11NOS2/c1-8-6(10)4-2-3-5(7)9/h2-4H2,1H3,(H2,7,9). The molecule has 4 heteroatoms. The Morgan fingerprint density at radius 1 is 1.40 bits per heavy atom. The smallest absolute Gasteiger partial charge is 0.159 e. The van der Waals surface area contributed by atoms with Crippen LogP contribution in [0.25, 0.3) is 0 Å². The number of nitrogens with two attached hydrogens (primary N) is 1. The molecule has 0 rings (SSSR count). The van der Waals surface area contributed by atoms with Crippen LogP contribution >= 0.6 is 24.4 Å². The average Bonchev–Trinajstić information content (AvgIpc) is 1.87. The summed E-state index contributed by atoms with van der Waals surface area (Å²) in [4.78, 5) is 0.541. The van der Waals surface area contributed by atoms with Gasteiger partial charge in [-0.25, -0.2) is 0 Å². The Morgan fingerprint density at radius 2 is 2.00 bits per heavy atom. The molecular weight excluding hydrogens is 166 g/mol. The summed E-state index contributed by atoms with van der Waals surface area (Å²) in [6, 6.07) is 0. The summed E-state index contributed by atoms with van der Waals surface area (Å²) in [7, 11) is 1.57. The molecule has 0 aliphatic carbocycles. The number of thiocarbonyl (C=S) groups is 2. The molecule has 0 radical (unpaired) electrons. The molecule has 0 saturated heterocycles. The van der Waals surface area contributed by atoms with E-state index in [2.05, 4.69) is 12.2 Å². The molecule has 58 valence electrons. The van der Waals surface area contributed by atoms with Gasteiger partial charge in [-0.3, -0.25) is 0 Å². The summed E-state index contributed by atoms with van der Waals surface area (Å²) >= 11 is 9.48. The van der Waals surface area contributed by atoms with E-state index >= 15 is 0 Å². The third-order valence-corrected chi connectivity index (χ3v) is 1.61. The van der Waals surface area contributed by atoms with Gasteiger partial charge in [0.05, 0.1) is 12.1 Å². The Labute approximate surface area is 71.7 Å². The van der Waals surface area contributed by atoms with Crippen LogP contribution in [0.4, 0.5) is 0 Å². The second kappa shape index (κ2) is 5.56. The molecule has 0 fully saturated rings. The molecule has 0 aliphatic heterocycles. The van der Waals surface area contributed by atoms with Crippen molar-refractivity contribution in [2.75, 3.05) is 7.11 Å². The highest BCUT2D eigenvalue weighted by Crippen LogP contribution is 1.98. The lowest BCUT2D eigenvalue weighted by atomic mass is 10.2. The molecule has 0 aliphatic rings. The van der Waals surface area contributed by atoms with Gasteiger partial charge in [-0.05, 0) is 25.1 Å². The molecule has 0 spiro atoms. The van der Waals surface area contributed by atoms with Gasteiger partial charge in [-0.1, -0.05) is 12.2 Å². The van der Waals surface area contributed by atoms with E-state index in [1.54, 1.807) is 7.11 Å². The molecule has 0 amide bonds. The summed E-state index contributed by atoms with van der Waals surface area (Å²) in [6.45, 7) is 0. The van der Waals surface area contributed by atoms with Gasteiger partial charge in [0, 0.05) is 6.42 Å². The number of hydrogen-bond acceptors (Lipinski definition) is 3. The van der Waals surface area contributed by atoms with E-state index < -0.39 is 0 Å². The Kier molecular flexibility index (Phi) is 5.43. The normalized spacial score (nSPS) is 8.90. The molecular formula is C6H11NOS2. The van der Waals surface area contributed by atoms with Gasteiger partial charge in [0.1, 0.15) is 0 Å². The Hall–Kier alpha value is -0.220. The monoisotopic (exact) mass is 177 g/mol. The maximum absolute atomic E-state index is 5.27. The minimum Gasteiger partial charge on any atom is -0.490 e. The first kappa shape index (κ1) is 9.78. The summed E-state index contributed by atoms with van der Waals surface area (Å²) in [6.07, 6.45) is 2.41. The van der Waals surface area contributed by atoms with Crippen molar-refractivity contribution in [2.24, 2.45) is 5.73 Å². The fourth-order valence-corrected chi connectivity index (χ4v) is 0.798. The minimum absolute atomic E-state index is 0.541. The Morgan fingerprint density at radius 3 is 2.40 bits per heavy atom. The van der Waals surface area contributed by atoms with Crippen molar-refractivity contribution >= 4 is 34.5 Å². The van der Waals surface area contributed by atoms with Crippen LogP contribution < -0.4 is 5.73 Å². The van der Waals surface area contributed by atoms with Crippen LogP contribution in [-0.4, -0.2) is 17.1 Å². The number of methoxy groups -OCH3 is 1. The molecule has 0 heterocycles. The van der Waals surface area contributed by atoms with E-state index in [0.29, 0.717) is 10.0 Å². The first-order chi connectivity index (χ1) is 4.66. The fraction of sp³-hybridized carbons (Fsp3) is 0.667. The van der Waals surface area contributed by atoms with E-state index in [-0.39, 0.29) is 0 Å². The second-order valence-corrected chi connectivity index (χ2v) is 2.88. The molecule has 2 nitrogen and oxygen atoms in total. The highest BCUT2D eigenvalue weighted by molar-refractivity contribution is 7.80. The van der Waals surface area contributed by atoms with Gasteiger partial charge in [0.15, 0.2) is 5.05 Å². The first-order valence-electron chi connectivity index (χ1n) is 3.02. The van der Waals surface area contributed by atoms with Gasteiger partial charge in [-0.15, -0.1) is 0 Å². The van der Waals surface area contributed by atoms with Crippen LogP contribution in [0.1, 0.15) is 19.3 Å². The SMILES string of the molecule is COC(=S)CCCC(N)=S. The zero-order chi connectivity index (χ0) is 7.98. The van der Waals surface area contributed by atoms with E-state index in [4.69, 9.17) is 22.7 Å². The summed E-state index contributed by atoms with van der Waals surface area (Å²) in [5.41, 5.74) is 5.27. The minimum atomic E-state index is 0.541. The van der Waals surface area contributed by atoms with Crippen molar-refractivity contribution in [3.8, 4) is 0 Å². The molecule has 0 unspecified atom stereocenters. The van der Waals surface area contributed by atoms with Crippen molar-refractivity contribution in [1.82, 2.24) is 0 Å². The molecule has 2 N–H and O–H groups in total. The molecule has 0 atom stereocenters. The van der Waals surface area contributed by atoms with Crippen LogP contribution in [0.5, 0.6) is 0 Å². The molecule has 0 aromatic rings. The Bertz CT molecular complexity index is 136. The van der Waals surface area contributed by atoms with Crippen LogP contribution in [0.15, 0.2) is 0 Å². The van der Waals surface area contributed by atoms with Crippen molar-refractivity contribution in [3.63, 3.8) is 0 Å². The van der Waals surface area contributed by atoms with E-state index in [1.165, 1.54) is 0 Å². The lowest BCUT2D eigenvalue weighted by Crippen LogP contribution is -2.08. The van der Waals surface area contributed by atoms with Crippen molar-refractivity contribution in [1.29, 1.82) is 0 Å². The summed E-state index contributed by atoms with van der Waals surface area (Å²) in [5, 5.41) is 0.622. The summed E-state index contributed by atoms with van der Waals surface area (Å²) in [5.74, 6) is 0. The quantitative estimate of drug-likeness (QED) is 0.659. The van der Waals surface area contributed by atoms with Crippen molar-refractivity contribution < 1.29 is 4.74 Å². The average molecular weight is 177 g/mol. The van der Waals surface area contributed by atoms with Gasteiger partial charge >= 0.3 is 0 Å². The maximum atomic E-state index is 5.27. The maximum Gasteiger partial charge on any atom is 0.159 e. The molecule has 0 saturated carbocycles. The summed E-state index contributed by atoms with van der Waals surface area (Å²) < 4.78 is 4.78. The zero-order valence-corrected chi connectivity index (χ0v) is 7.56. The van der Waals surface area contributed by atoms with Gasteiger partial charge in [-0.2, -0.15) is 0 Å². The van der Waals surface area contributed by atoms with Crippen LogP contribution in [0, 0.1) is 0 Å². The molecule has 0 aromatic heterocycles. The highest BCUT2D eigenvalue weighted by atomic mass is 32.1.